The number of fused-ring (bicyclic) bond motifs is 1. The van der Waals surface area contributed by atoms with Gasteiger partial charge in [0.1, 0.15) is 29.7 Å². The van der Waals surface area contributed by atoms with Gasteiger partial charge in [0.05, 0.1) is 6.54 Å². The first-order valence-corrected chi connectivity index (χ1v) is 11.3. The highest BCUT2D eigenvalue weighted by molar-refractivity contribution is 6.31. The highest BCUT2D eigenvalue weighted by atomic mass is 35.5. The average Bonchev–Trinajstić information content (AvgIpc) is 3.21. The van der Waals surface area contributed by atoms with E-state index in [1.807, 2.05) is 6.07 Å². The van der Waals surface area contributed by atoms with Gasteiger partial charge in [-0.05, 0) is 56.5 Å². The van der Waals surface area contributed by atoms with Crippen molar-refractivity contribution in [3.8, 4) is 5.88 Å². The van der Waals surface area contributed by atoms with Gasteiger partial charge in [0, 0.05) is 23.9 Å². The van der Waals surface area contributed by atoms with Gasteiger partial charge in [0.15, 0.2) is 5.02 Å². The Hall–Kier alpha value is -3.30. The number of anilines is 1. The van der Waals surface area contributed by atoms with Crippen molar-refractivity contribution in [1.82, 2.24) is 9.55 Å². The van der Waals surface area contributed by atoms with E-state index in [1.165, 1.54) is 24.5 Å². The summed E-state index contributed by atoms with van der Waals surface area (Å²) in [6, 6.07) is 8.61. The van der Waals surface area contributed by atoms with Crippen molar-refractivity contribution in [2.75, 3.05) is 11.4 Å². The summed E-state index contributed by atoms with van der Waals surface area (Å²) >= 11 is 6.22. The van der Waals surface area contributed by atoms with Crippen LogP contribution in [-0.4, -0.2) is 32.7 Å². The van der Waals surface area contributed by atoms with Gasteiger partial charge in [0.25, 0.3) is 11.5 Å². The summed E-state index contributed by atoms with van der Waals surface area (Å²) in [6.07, 6.45) is 0.630. The molecule has 0 fully saturated rings. The SMILES string of the molecule is Cc1nc(OCc2ccc(F)cc2F)c(Cl)c(=O)n1Cc1ccc2c(c1)CCN2C(=O)C(C)(C)O. The maximum atomic E-state index is 13.9. The summed E-state index contributed by atoms with van der Waals surface area (Å²) in [5, 5.41) is 9.82. The summed E-state index contributed by atoms with van der Waals surface area (Å²) < 4.78 is 33.8. The molecule has 0 aliphatic carbocycles. The zero-order valence-corrected chi connectivity index (χ0v) is 20.2. The number of ether oxygens (including phenoxy) is 1. The summed E-state index contributed by atoms with van der Waals surface area (Å²) in [5.74, 6) is -1.64. The minimum Gasteiger partial charge on any atom is -0.471 e. The lowest BCUT2D eigenvalue weighted by Crippen LogP contribution is -2.44. The van der Waals surface area contributed by atoms with E-state index in [1.54, 1.807) is 24.0 Å². The minimum atomic E-state index is -1.47. The average molecular weight is 504 g/mol. The number of rotatable bonds is 6. The Morgan fingerprint density at radius 3 is 2.66 bits per heavy atom. The lowest BCUT2D eigenvalue weighted by atomic mass is 10.1. The molecular weight excluding hydrogens is 480 g/mol. The number of amides is 1. The van der Waals surface area contributed by atoms with Crippen molar-refractivity contribution < 1.29 is 23.4 Å². The zero-order chi connectivity index (χ0) is 25.5. The fraction of sp³-hybridized carbons (Fsp3) is 0.320. The third-order valence-corrected chi connectivity index (χ3v) is 6.13. The van der Waals surface area contributed by atoms with Crippen molar-refractivity contribution in [1.29, 1.82) is 0 Å². The molecule has 0 spiro atoms. The van der Waals surface area contributed by atoms with E-state index in [-0.39, 0.29) is 35.5 Å². The maximum absolute atomic E-state index is 13.9. The van der Waals surface area contributed by atoms with E-state index < -0.39 is 22.8 Å². The third kappa shape index (κ3) is 5.06. The second-order valence-corrected chi connectivity index (χ2v) is 9.30. The van der Waals surface area contributed by atoms with Crippen LogP contribution in [-0.2, 0) is 24.4 Å². The van der Waals surface area contributed by atoms with Gasteiger partial charge in [-0.3, -0.25) is 14.2 Å². The van der Waals surface area contributed by atoms with Gasteiger partial charge < -0.3 is 14.7 Å². The molecule has 2 heterocycles. The summed E-state index contributed by atoms with van der Waals surface area (Å²) in [7, 11) is 0. The van der Waals surface area contributed by atoms with Gasteiger partial charge in [-0.15, -0.1) is 0 Å². The Labute approximate surface area is 205 Å². The highest BCUT2D eigenvalue weighted by Gasteiger charge is 2.34. The molecule has 1 aliphatic heterocycles. The monoisotopic (exact) mass is 503 g/mol. The number of carbonyl (C=O) groups excluding carboxylic acids is 1. The second kappa shape index (κ2) is 9.39. The molecule has 1 amide bonds. The number of hydrogen-bond donors (Lipinski definition) is 1. The van der Waals surface area contributed by atoms with Crippen molar-refractivity contribution in [2.24, 2.45) is 0 Å². The van der Waals surface area contributed by atoms with Crippen LogP contribution in [0, 0.1) is 18.6 Å². The predicted molar refractivity (Wildman–Crippen MR) is 127 cm³/mol. The van der Waals surface area contributed by atoms with Crippen LogP contribution in [0.25, 0.3) is 0 Å². The number of aromatic nitrogens is 2. The van der Waals surface area contributed by atoms with E-state index in [0.717, 1.165) is 28.9 Å². The van der Waals surface area contributed by atoms with Crippen molar-refractivity contribution >= 4 is 23.2 Å². The Morgan fingerprint density at radius 1 is 1.23 bits per heavy atom. The standard InChI is InChI=1S/C25H24ClF2N3O4/c1-14-29-22(35-13-17-5-6-18(27)11-19(17)28)21(26)23(32)31(14)12-15-4-7-20-16(10-15)8-9-30(20)24(33)25(2,3)34/h4-7,10-11,34H,8-9,12-13H2,1-3H3. The number of carbonyl (C=O) groups is 1. The first-order chi connectivity index (χ1) is 16.5. The normalized spacial score (nSPS) is 13.2. The van der Waals surface area contributed by atoms with Crippen molar-refractivity contribution in [2.45, 2.75) is 45.9 Å². The highest BCUT2D eigenvalue weighted by Crippen LogP contribution is 2.31. The Bertz CT molecular complexity index is 1370. The number of hydrogen-bond acceptors (Lipinski definition) is 5. The van der Waals surface area contributed by atoms with Crippen LogP contribution in [0.2, 0.25) is 5.02 Å². The van der Waals surface area contributed by atoms with Crippen LogP contribution in [0.4, 0.5) is 14.5 Å². The summed E-state index contributed by atoms with van der Waals surface area (Å²) in [6.45, 7) is 4.92. The second-order valence-electron chi connectivity index (χ2n) is 8.92. The van der Waals surface area contributed by atoms with E-state index >= 15 is 0 Å². The smallest absolute Gasteiger partial charge is 0.276 e. The van der Waals surface area contributed by atoms with E-state index in [2.05, 4.69) is 4.98 Å². The molecule has 0 saturated heterocycles. The number of benzene rings is 2. The first kappa shape index (κ1) is 24.8. The number of aliphatic hydroxyl groups is 1. The van der Waals surface area contributed by atoms with E-state index in [4.69, 9.17) is 16.3 Å². The molecule has 0 atom stereocenters. The number of aryl methyl sites for hydroxylation is 1. The Kier molecular flexibility index (Phi) is 6.66. The lowest BCUT2D eigenvalue weighted by Gasteiger charge is -2.25. The molecule has 184 valence electrons. The third-order valence-electron chi connectivity index (χ3n) is 5.80. The molecule has 4 rings (SSSR count). The Morgan fingerprint density at radius 2 is 1.97 bits per heavy atom. The molecule has 0 bridgehead atoms. The molecule has 0 saturated carbocycles. The largest absolute Gasteiger partial charge is 0.471 e. The molecule has 1 aromatic heterocycles. The van der Waals surface area contributed by atoms with E-state index in [9.17, 15) is 23.5 Å². The van der Waals surface area contributed by atoms with Gasteiger partial charge in [-0.2, -0.15) is 4.98 Å². The maximum Gasteiger partial charge on any atom is 0.276 e. The molecule has 1 aliphatic rings. The van der Waals surface area contributed by atoms with Gasteiger partial charge in [-0.25, -0.2) is 8.78 Å². The zero-order valence-electron chi connectivity index (χ0n) is 19.4. The molecule has 0 unspecified atom stereocenters. The van der Waals surface area contributed by atoms with Crippen molar-refractivity contribution in [3.05, 3.63) is 85.9 Å². The lowest BCUT2D eigenvalue weighted by molar-refractivity contribution is -0.133. The van der Waals surface area contributed by atoms with E-state index in [0.29, 0.717) is 18.8 Å². The van der Waals surface area contributed by atoms with Gasteiger partial charge in [0.2, 0.25) is 5.88 Å². The number of halogens is 3. The van der Waals surface area contributed by atoms with Crippen molar-refractivity contribution in [3.63, 3.8) is 0 Å². The van der Waals surface area contributed by atoms with Crippen LogP contribution in [0.15, 0.2) is 41.2 Å². The van der Waals surface area contributed by atoms with Gasteiger partial charge in [-0.1, -0.05) is 23.7 Å². The molecular formula is C25H24ClF2N3O4. The van der Waals surface area contributed by atoms with Crippen LogP contribution in [0.5, 0.6) is 5.88 Å². The summed E-state index contributed by atoms with van der Waals surface area (Å²) in [5.41, 5.74) is 0.587. The quantitative estimate of drug-likeness (QED) is 0.553. The molecule has 10 heteroatoms. The molecule has 2 aromatic carbocycles. The fourth-order valence-electron chi connectivity index (χ4n) is 3.96. The molecule has 0 radical (unpaired) electrons. The molecule has 3 aromatic rings. The first-order valence-electron chi connectivity index (χ1n) is 11.0. The minimum absolute atomic E-state index is 0.0985. The Balaban J connectivity index is 1.54. The van der Waals surface area contributed by atoms with Crippen LogP contribution < -0.4 is 15.2 Å². The van der Waals surface area contributed by atoms with Crippen LogP contribution >= 0.6 is 11.6 Å². The van der Waals surface area contributed by atoms with Crippen LogP contribution in [0.1, 0.15) is 36.4 Å². The number of nitrogens with zero attached hydrogens (tertiary/aromatic N) is 3. The summed E-state index contributed by atoms with van der Waals surface area (Å²) in [4.78, 5) is 31.2. The molecule has 1 N–H and O–H groups in total. The predicted octanol–water partition coefficient (Wildman–Crippen LogP) is 3.77. The molecule has 35 heavy (non-hydrogen) atoms. The van der Waals surface area contributed by atoms with Gasteiger partial charge >= 0.3 is 0 Å². The fourth-order valence-corrected chi connectivity index (χ4v) is 4.16. The van der Waals surface area contributed by atoms with Crippen LogP contribution in [0.3, 0.4) is 0 Å². The molecule has 7 nitrogen and oxygen atoms in total. The topological polar surface area (TPSA) is 84.7 Å².